The van der Waals surface area contributed by atoms with Gasteiger partial charge in [-0.05, 0) is 43.4 Å². The van der Waals surface area contributed by atoms with E-state index in [0.29, 0.717) is 6.42 Å². The molecule has 1 unspecified atom stereocenters. The van der Waals surface area contributed by atoms with E-state index in [-0.39, 0.29) is 18.6 Å². The molecular weight excluding hydrogens is 306 g/mol. The molecule has 0 radical (unpaired) electrons. The lowest BCUT2D eigenvalue weighted by Gasteiger charge is -2.34. The molecule has 1 aliphatic rings. The SMILES string of the molecule is O=C(CCc1cccc(Br)c1)N1CCCCC1CO. The largest absolute Gasteiger partial charge is 0.394 e. The van der Waals surface area contributed by atoms with Crippen LogP contribution in [0.5, 0.6) is 0 Å². The summed E-state index contributed by atoms with van der Waals surface area (Å²) in [4.78, 5) is 14.1. The number of benzene rings is 1. The first-order valence-electron chi connectivity index (χ1n) is 6.85. The zero-order valence-corrected chi connectivity index (χ0v) is 12.6. The number of aliphatic hydroxyl groups excluding tert-OH is 1. The summed E-state index contributed by atoms with van der Waals surface area (Å²) in [5.74, 6) is 0.165. The molecule has 0 aliphatic carbocycles. The van der Waals surface area contributed by atoms with Crippen molar-refractivity contribution >= 4 is 21.8 Å². The van der Waals surface area contributed by atoms with Crippen molar-refractivity contribution in [1.82, 2.24) is 4.90 Å². The number of aliphatic hydroxyl groups is 1. The molecule has 0 spiro atoms. The number of likely N-dealkylation sites (tertiary alicyclic amines) is 1. The minimum Gasteiger partial charge on any atom is -0.394 e. The van der Waals surface area contributed by atoms with E-state index in [0.717, 1.165) is 36.7 Å². The first-order valence-corrected chi connectivity index (χ1v) is 7.65. The maximum Gasteiger partial charge on any atom is 0.223 e. The third-order valence-corrected chi connectivity index (χ3v) is 4.17. The first-order chi connectivity index (χ1) is 9.20. The lowest BCUT2D eigenvalue weighted by atomic mass is 10.0. The Morgan fingerprint density at radius 1 is 1.42 bits per heavy atom. The molecule has 1 N–H and O–H groups in total. The van der Waals surface area contributed by atoms with Gasteiger partial charge in [0.1, 0.15) is 0 Å². The second-order valence-corrected chi connectivity index (χ2v) is 5.96. The second-order valence-electron chi connectivity index (χ2n) is 5.05. The fourth-order valence-electron chi connectivity index (χ4n) is 2.61. The molecule has 19 heavy (non-hydrogen) atoms. The molecule has 1 aliphatic heterocycles. The van der Waals surface area contributed by atoms with Crippen LogP contribution in [0.2, 0.25) is 0 Å². The van der Waals surface area contributed by atoms with Gasteiger partial charge < -0.3 is 10.0 Å². The van der Waals surface area contributed by atoms with Crippen LogP contribution in [0.3, 0.4) is 0 Å². The normalized spacial score (nSPS) is 19.5. The second kappa shape index (κ2) is 7.06. The maximum absolute atomic E-state index is 12.2. The van der Waals surface area contributed by atoms with Crippen LogP contribution >= 0.6 is 15.9 Å². The number of rotatable bonds is 4. The van der Waals surface area contributed by atoms with Gasteiger partial charge in [-0.25, -0.2) is 0 Å². The molecule has 104 valence electrons. The molecule has 2 rings (SSSR count). The zero-order chi connectivity index (χ0) is 13.7. The monoisotopic (exact) mass is 325 g/mol. The molecule has 0 saturated carbocycles. The van der Waals surface area contributed by atoms with Gasteiger partial charge >= 0.3 is 0 Å². The van der Waals surface area contributed by atoms with E-state index in [2.05, 4.69) is 15.9 Å². The average Bonchev–Trinajstić information content (AvgIpc) is 2.45. The molecule has 1 fully saturated rings. The number of amides is 1. The van der Waals surface area contributed by atoms with Crippen LogP contribution in [0, 0.1) is 0 Å². The van der Waals surface area contributed by atoms with E-state index < -0.39 is 0 Å². The van der Waals surface area contributed by atoms with Gasteiger partial charge in [-0.2, -0.15) is 0 Å². The van der Waals surface area contributed by atoms with Gasteiger partial charge in [0.05, 0.1) is 12.6 Å². The van der Waals surface area contributed by atoms with Crippen LogP contribution in [-0.4, -0.2) is 35.1 Å². The third kappa shape index (κ3) is 4.05. The van der Waals surface area contributed by atoms with Crippen molar-refractivity contribution in [3.63, 3.8) is 0 Å². The molecule has 1 amide bonds. The van der Waals surface area contributed by atoms with Crippen molar-refractivity contribution in [1.29, 1.82) is 0 Å². The zero-order valence-electron chi connectivity index (χ0n) is 11.0. The predicted molar refractivity (Wildman–Crippen MR) is 78.9 cm³/mol. The summed E-state index contributed by atoms with van der Waals surface area (Å²) in [6, 6.07) is 8.09. The highest BCUT2D eigenvalue weighted by atomic mass is 79.9. The van der Waals surface area contributed by atoms with Crippen molar-refractivity contribution in [3.05, 3.63) is 34.3 Å². The molecule has 0 bridgehead atoms. The minimum atomic E-state index is 0.0313. The van der Waals surface area contributed by atoms with E-state index in [1.54, 1.807) is 0 Å². The molecule has 1 aromatic rings. The summed E-state index contributed by atoms with van der Waals surface area (Å²) >= 11 is 3.44. The summed E-state index contributed by atoms with van der Waals surface area (Å²) in [5.41, 5.74) is 1.17. The van der Waals surface area contributed by atoms with E-state index in [1.165, 1.54) is 5.56 Å². The maximum atomic E-state index is 12.2. The Balaban J connectivity index is 1.89. The molecular formula is C15H20BrNO2. The number of carbonyl (C=O) groups excluding carboxylic acids is 1. The Morgan fingerprint density at radius 2 is 2.26 bits per heavy atom. The van der Waals surface area contributed by atoms with Crippen molar-refractivity contribution in [2.45, 2.75) is 38.1 Å². The van der Waals surface area contributed by atoms with Gasteiger partial charge in [-0.15, -0.1) is 0 Å². The van der Waals surface area contributed by atoms with Crippen molar-refractivity contribution in [2.24, 2.45) is 0 Å². The predicted octanol–water partition coefficient (Wildman–Crippen LogP) is 2.76. The molecule has 1 aromatic carbocycles. The topological polar surface area (TPSA) is 40.5 Å². The summed E-state index contributed by atoms with van der Waals surface area (Å²) in [6.45, 7) is 0.880. The Bertz CT molecular complexity index is 436. The number of aryl methyl sites for hydroxylation is 1. The first kappa shape index (κ1) is 14.5. The van der Waals surface area contributed by atoms with Crippen molar-refractivity contribution in [2.75, 3.05) is 13.2 Å². The van der Waals surface area contributed by atoms with Crippen LogP contribution in [0.4, 0.5) is 0 Å². The molecule has 1 heterocycles. The van der Waals surface area contributed by atoms with Crippen molar-refractivity contribution in [3.8, 4) is 0 Å². The Morgan fingerprint density at radius 3 is 3.00 bits per heavy atom. The highest BCUT2D eigenvalue weighted by molar-refractivity contribution is 9.10. The van der Waals surface area contributed by atoms with Crippen LogP contribution in [0.25, 0.3) is 0 Å². The van der Waals surface area contributed by atoms with Crippen LogP contribution in [-0.2, 0) is 11.2 Å². The summed E-state index contributed by atoms with van der Waals surface area (Å²) in [5, 5.41) is 9.33. The summed E-state index contributed by atoms with van der Waals surface area (Å²) < 4.78 is 1.05. The van der Waals surface area contributed by atoms with Gasteiger partial charge in [-0.3, -0.25) is 4.79 Å². The van der Waals surface area contributed by atoms with Gasteiger partial charge in [0, 0.05) is 17.4 Å². The molecule has 3 nitrogen and oxygen atoms in total. The van der Waals surface area contributed by atoms with E-state index >= 15 is 0 Å². The lowest BCUT2D eigenvalue weighted by molar-refractivity contribution is -0.135. The van der Waals surface area contributed by atoms with Gasteiger partial charge in [0.15, 0.2) is 0 Å². The minimum absolute atomic E-state index is 0.0313. The quantitative estimate of drug-likeness (QED) is 0.924. The Hall–Kier alpha value is -0.870. The Kier molecular flexibility index (Phi) is 5.40. The third-order valence-electron chi connectivity index (χ3n) is 3.67. The fraction of sp³-hybridized carbons (Fsp3) is 0.533. The molecule has 1 saturated heterocycles. The molecule has 0 aromatic heterocycles. The number of hydrogen-bond donors (Lipinski definition) is 1. The van der Waals surface area contributed by atoms with E-state index in [9.17, 15) is 9.90 Å². The fourth-order valence-corrected chi connectivity index (χ4v) is 3.05. The number of nitrogens with zero attached hydrogens (tertiary/aromatic N) is 1. The average molecular weight is 326 g/mol. The van der Waals surface area contributed by atoms with Crippen LogP contribution < -0.4 is 0 Å². The molecule has 4 heteroatoms. The van der Waals surface area contributed by atoms with Gasteiger partial charge in [-0.1, -0.05) is 28.1 Å². The van der Waals surface area contributed by atoms with Crippen molar-refractivity contribution < 1.29 is 9.90 Å². The summed E-state index contributed by atoms with van der Waals surface area (Å²) in [6.07, 6.45) is 4.37. The smallest absolute Gasteiger partial charge is 0.223 e. The highest BCUT2D eigenvalue weighted by Crippen LogP contribution is 2.19. The standard InChI is InChI=1S/C15H20BrNO2/c16-13-5-3-4-12(10-13)7-8-15(19)17-9-2-1-6-14(17)11-18/h3-5,10,14,18H,1-2,6-9,11H2. The van der Waals surface area contributed by atoms with Gasteiger partial charge in [0.2, 0.25) is 5.91 Å². The highest BCUT2D eigenvalue weighted by Gasteiger charge is 2.25. The number of hydrogen-bond acceptors (Lipinski definition) is 2. The Labute approximate surface area is 122 Å². The van der Waals surface area contributed by atoms with Crippen LogP contribution in [0.1, 0.15) is 31.2 Å². The number of halogens is 1. The summed E-state index contributed by atoms with van der Waals surface area (Å²) in [7, 11) is 0. The van der Waals surface area contributed by atoms with E-state index in [4.69, 9.17) is 0 Å². The van der Waals surface area contributed by atoms with E-state index in [1.807, 2.05) is 29.2 Å². The van der Waals surface area contributed by atoms with Crippen LogP contribution in [0.15, 0.2) is 28.7 Å². The molecule has 1 atom stereocenters. The lowest BCUT2D eigenvalue weighted by Crippen LogP contribution is -2.45. The van der Waals surface area contributed by atoms with Gasteiger partial charge in [0.25, 0.3) is 0 Å². The number of carbonyl (C=O) groups is 1. The number of piperidine rings is 1.